The van der Waals surface area contributed by atoms with Gasteiger partial charge in [0.25, 0.3) is 5.91 Å². The number of carbonyl (C=O) groups excluding carboxylic acids is 1. The molecule has 1 atom stereocenters. The lowest BCUT2D eigenvalue weighted by Gasteiger charge is -2.10. The summed E-state index contributed by atoms with van der Waals surface area (Å²) in [5, 5.41) is 2.59. The van der Waals surface area contributed by atoms with E-state index in [2.05, 4.69) is 5.32 Å². The maximum absolute atomic E-state index is 13.4. The van der Waals surface area contributed by atoms with E-state index in [4.69, 9.17) is 10.5 Å². The van der Waals surface area contributed by atoms with Crippen molar-refractivity contribution in [3.05, 3.63) is 29.3 Å². The summed E-state index contributed by atoms with van der Waals surface area (Å²) < 4.78 is 31.5. The van der Waals surface area contributed by atoms with Crippen LogP contribution in [-0.4, -0.2) is 25.7 Å². The standard InChI is InChI=1S/C12H14F2N2O2/c13-9-4-10(14)11(15)3-8(9)12(17)16-5-7-1-2-18-6-7/h3-4,7H,1-2,5-6,15H2,(H,16,17). The number of hydrogen-bond acceptors (Lipinski definition) is 3. The fourth-order valence-electron chi connectivity index (χ4n) is 1.82. The summed E-state index contributed by atoms with van der Waals surface area (Å²) >= 11 is 0. The third kappa shape index (κ3) is 2.76. The highest BCUT2D eigenvalue weighted by atomic mass is 19.1. The van der Waals surface area contributed by atoms with Crippen molar-refractivity contribution in [3.8, 4) is 0 Å². The van der Waals surface area contributed by atoms with Gasteiger partial charge in [-0.2, -0.15) is 0 Å². The molecule has 1 aliphatic heterocycles. The summed E-state index contributed by atoms with van der Waals surface area (Å²) in [5.74, 6) is -2.13. The summed E-state index contributed by atoms with van der Waals surface area (Å²) in [4.78, 5) is 11.7. The van der Waals surface area contributed by atoms with E-state index in [-0.39, 0.29) is 17.2 Å². The maximum atomic E-state index is 13.4. The van der Waals surface area contributed by atoms with E-state index in [1.165, 1.54) is 0 Å². The van der Waals surface area contributed by atoms with Gasteiger partial charge in [0.15, 0.2) is 0 Å². The monoisotopic (exact) mass is 256 g/mol. The highest BCUT2D eigenvalue weighted by Gasteiger charge is 2.19. The van der Waals surface area contributed by atoms with Gasteiger partial charge in [0.1, 0.15) is 11.6 Å². The molecule has 1 aliphatic rings. The first-order valence-electron chi connectivity index (χ1n) is 5.68. The zero-order valence-electron chi connectivity index (χ0n) is 9.71. The first-order chi connectivity index (χ1) is 8.58. The van der Waals surface area contributed by atoms with E-state index < -0.39 is 17.5 Å². The Kier molecular flexibility index (Phi) is 3.76. The smallest absolute Gasteiger partial charge is 0.254 e. The third-order valence-corrected chi connectivity index (χ3v) is 2.91. The van der Waals surface area contributed by atoms with E-state index in [0.717, 1.165) is 12.5 Å². The van der Waals surface area contributed by atoms with Crippen LogP contribution in [0.15, 0.2) is 12.1 Å². The van der Waals surface area contributed by atoms with Crippen LogP contribution in [0.4, 0.5) is 14.5 Å². The summed E-state index contributed by atoms with van der Waals surface area (Å²) in [6.07, 6.45) is 0.869. The van der Waals surface area contributed by atoms with Crippen molar-refractivity contribution < 1.29 is 18.3 Å². The number of anilines is 1. The Morgan fingerprint density at radius 1 is 1.44 bits per heavy atom. The van der Waals surface area contributed by atoms with Crippen molar-refractivity contribution in [2.24, 2.45) is 5.92 Å². The Balaban J connectivity index is 2.01. The second-order valence-corrected chi connectivity index (χ2v) is 4.29. The number of hydrogen-bond donors (Lipinski definition) is 2. The normalized spacial score (nSPS) is 18.9. The van der Waals surface area contributed by atoms with E-state index in [1.807, 2.05) is 0 Å². The number of nitrogens with one attached hydrogen (secondary N) is 1. The largest absolute Gasteiger partial charge is 0.396 e. The predicted octanol–water partition coefficient (Wildman–Crippen LogP) is 1.31. The quantitative estimate of drug-likeness (QED) is 0.801. The van der Waals surface area contributed by atoms with Crippen molar-refractivity contribution >= 4 is 11.6 Å². The van der Waals surface area contributed by atoms with Gasteiger partial charge in [0.05, 0.1) is 17.9 Å². The molecule has 1 aromatic rings. The molecule has 0 spiro atoms. The molecule has 4 nitrogen and oxygen atoms in total. The Hall–Kier alpha value is -1.69. The highest BCUT2D eigenvalue weighted by molar-refractivity contribution is 5.95. The molecule has 1 unspecified atom stereocenters. The van der Waals surface area contributed by atoms with Crippen LogP contribution in [-0.2, 0) is 4.74 Å². The fraction of sp³-hybridized carbons (Fsp3) is 0.417. The molecule has 1 saturated heterocycles. The topological polar surface area (TPSA) is 64.4 Å². The van der Waals surface area contributed by atoms with E-state index in [0.29, 0.717) is 25.8 Å². The lowest BCUT2D eigenvalue weighted by atomic mass is 10.1. The molecule has 18 heavy (non-hydrogen) atoms. The summed E-state index contributed by atoms with van der Waals surface area (Å²) in [6, 6.07) is 1.62. The van der Waals surface area contributed by atoms with E-state index in [1.54, 1.807) is 0 Å². The predicted molar refractivity (Wildman–Crippen MR) is 62.0 cm³/mol. The Bertz CT molecular complexity index is 460. The summed E-state index contributed by atoms with van der Waals surface area (Å²) in [6.45, 7) is 1.68. The van der Waals surface area contributed by atoms with Crippen molar-refractivity contribution in [1.29, 1.82) is 0 Å². The maximum Gasteiger partial charge on any atom is 0.254 e. The molecule has 1 heterocycles. The van der Waals surface area contributed by atoms with Crippen LogP contribution in [0.3, 0.4) is 0 Å². The van der Waals surface area contributed by atoms with Crippen molar-refractivity contribution in [3.63, 3.8) is 0 Å². The number of carbonyl (C=O) groups is 1. The van der Waals surface area contributed by atoms with E-state index >= 15 is 0 Å². The first-order valence-corrected chi connectivity index (χ1v) is 5.68. The van der Waals surface area contributed by atoms with Crippen LogP contribution in [0.1, 0.15) is 16.8 Å². The Morgan fingerprint density at radius 3 is 2.89 bits per heavy atom. The number of halogens is 2. The molecule has 0 bridgehead atoms. The fourth-order valence-corrected chi connectivity index (χ4v) is 1.82. The molecule has 6 heteroatoms. The second-order valence-electron chi connectivity index (χ2n) is 4.29. The zero-order chi connectivity index (χ0) is 13.1. The van der Waals surface area contributed by atoms with Crippen molar-refractivity contribution in [2.75, 3.05) is 25.5 Å². The summed E-state index contributed by atoms with van der Waals surface area (Å²) in [7, 11) is 0. The van der Waals surface area contributed by atoms with Gasteiger partial charge in [-0.15, -0.1) is 0 Å². The molecule has 1 fully saturated rings. The van der Waals surface area contributed by atoms with Crippen LogP contribution in [0.25, 0.3) is 0 Å². The molecular formula is C12H14F2N2O2. The molecule has 0 aromatic heterocycles. The van der Waals surface area contributed by atoms with Gasteiger partial charge < -0.3 is 15.8 Å². The van der Waals surface area contributed by atoms with Gasteiger partial charge in [-0.25, -0.2) is 8.78 Å². The minimum atomic E-state index is -0.915. The first kappa shape index (κ1) is 12.8. The van der Waals surface area contributed by atoms with Crippen LogP contribution in [0, 0.1) is 17.6 Å². The SMILES string of the molecule is Nc1cc(C(=O)NCC2CCOC2)c(F)cc1F. The number of ether oxygens (including phenoxy) is 1. The van der Waals surface area contributed by atoms with Crippen LogP contribution in [0.5, 0.6) is 0 Å². The molecule has 0 saturated carbocycles. The average Bonchev–Trinajstić information content (AvgIpc) is 2.84. The van der Waals surface area contributed by atoms with Gasteiger partial charge in [-0.1, -0.05) is 0 Å². The number of nitrogens with two attached hydrogens (primary N) is 1. The van der Waals surface area contributed by atoms with Crippen molar-refractivity contribution in [1.82, 2.24) is 5.32 Å². The number of rotatable bonds is 3. The molecular weight excluding hydrogens is 242 g/mol. The van der Waals surface area contributed by atoms with Gasteiger partial charge in [0.2, 0.25) is 0 Å². The highest BCUT2D eigenvalue weighted by Crippen LogP contribution is 2.17. The second kappa shape index (κ2) is 5.30. The molecule has 0 radical (unpaired) electrons. The molecule has 2 rings (SSSR count). The molecule has 1 aromatic carbocycles. The van der Waals surface area contributed by atoms with Crippen LogP contribution >= 0.6 is 0 Å². The minimum absolute atomic E-state index is 0.243. The lowest BCUT2D eigenvalue weighted by molar-refractivity contribution is 0.0941. The van der Waals surface area contributed by atoms with Gasteiger partial charge in [0, 0.05) is 25.1 Å². The minimum Gasteiger partial charge on any atom is -0.396 e. The number of nitrogen functional groups attached to an aromatic ring is 1. The zero-order valence-corrected chi connectivity index (χ0v) is 9.71. The number of benzene rings is 1. The Morgan fingerprint density at radius 2 is 2.22 bits per heavy atom. The molecule has 3 N–H and O–H groups in total. The molecule has 0 aliphatic carbocycles. The van der Waals surface area contributed by atoms with Crippen LogP contribution in [0.2, 0.25) is 0 Å². The van der Waals surface area contributed by atoms with E-state index in [9.17, 15) is 13.6 Å². The third-order valence-electron chi connectivity index (χ3n) is 2.91. The molecule has 98 valence electrons. The van der Waals surface area contributed by atoms with Gasteiger partial charge in [-0.3, -0.25) is 4.79 Å². The average molecular weight is 256 g/mol. The lowest BCUT2D eigenvalue weighted by Crippen LogP contribution is -2.30. The number of amides is 1. The molecule has 1 amide bonds. The van der Waals surface area contributed by atoms with Gasteiger partial charge >= 0.3 is 0 Å². The van der Waals surface area contributed by atoms with Gasteiger partial charge in [-0.05, 0) is 12.5 Å². The Labute approximate surface area is 103 Å². The summed E-state index contributed by atoms with van der Waals surface area (Å²) in [5.41, 5.74) is 4.82. The van der Waals surface area contributed by atoms with Crippen molar-refractivity contribution in [2.45, 2.75) is 6.42 Å². The van der Waals surface area contributed by atoms with Crippen LogP contribution < -0.4 is 11.1 Å².